The van der Waals surface area contributed by atoms with Crippen molar-refractivity contribution in [2.45, 2.75) is 12.1 Å². The van der Waals surface area contributed by atoms with Crippen LogP contribution in [0, 0.1) is 0 Å². The Morgan fingerprint density at radius 1 is 1.15 bits per heavy atom. The number of Topliss-reactive ketones (excluding diaryl/α,β-unsaturated/α-hetero) is 1. The maximum absolute atomic E-state index is 12.4. The summed E-state index contributed by atoms with van der Waals surface area (Å²) in [4.78, 5) is 23.5. The van der Waals surface area contributed by atoms with Gasteiger partial charge in [-0.05, 0) is 46.8 Å². The Bertz CT molecular complexity index is 956. The predicted octanol–water partition coefficient (Wildman–Crippen LogP) is 2.60. The first kappa shape index (κ1) is 18.6. The van der Waals surface area contributed by atoms with Crippen molar-refractivity contribution in [1.82, 2.24) is 20.2 Å². The number of methoxy groups -OCH3 is 1. The van der Waals surface area contributed by atoms with E-state index in [1.807, 2.05) is 24.3 Å². The average Bonchev–Trinajstić information content (AvgIpc) is 3.14. The number of anilines is 1. The Kier molecular flexibility index (Phi) is 5.82. The molecule has 0 atom stereocenters. The summed E-state index contributed by atoms with van der Waals surface area (Å²) in [5, 5.41) is 14.8. The van der Waals surface area contributed by atoms with Gasteiger partial charge in [-0.3, -0.25) is 9.59 Å². The first-order valence-corrected chi connectivity index (χ1v) is 9.02. The molecule has 27 heavy (non-hydrogen) atoms. The molecule has 2 aromatic carbocycles. The Balaban J connectivity index is 1.70. The normalized spacial score (nSPS) is 10.4. The van der Waals surface area contributed by atoms with E-state index in [1.54, 1.807) is 31.4 Å². The molecule has 3 aromatic rings. The van der Waals surface area contributed by atoms with Gasteiger partial charge in [-0.25, -0.2) is 0 Å². The van der Waals surface area contributed by atoms with Gasteiger partial charge in [0.05, 0.1) is 12.9 Å². The van der Waals surface area contributed by atoms with Gasteiger partial charge in [0.15, 0.2) is 5.78 Å². The van der Waals surface area contributed by atoms with Crippen molar-refractivity contribution in [3.63, 3.8) is 0 Å². The van der Waals surface area contributed by atoms with E-state index in [2.05, 4.69) is 20.8 Å². The molecule has 0 fully saturated rings. The summed E-state index contributed by atoms with van der Waals surface area (Å²) in [6.07, 6.45) is 0. The number of thioether (sulfide) groups is 1. The van der Waals surface area contributed by atoms with Crippen molar-refractivity contribution in [3.05, 3.63) is 54.1 Å². The highest BCUT2D eigenvalue weighted by atomic mass is 32.2. The lowest BCUT2D eigenvalue weighted by Gasteiger charge is -2.09. The maximum atomic E-state index is 12.4. The van der Waals surface area contributed by atoms with Crippen LogP contribution in [0.2, 0.25) is 0 Å². The number of carbonyl (C=O) groups is 2. The van der Waals surface area contributed by atoms with Crippen LogP contribution >= 0.6 is 11.8 Å². The third-order valence-electron chi connectivity index (χ3n) is 3.61. The molecule has 0 aliphatic carbocycles. The summed E-state index contributed by atoms with van der Waals surface area (Å²) in [6, 6.07) is 14.1. The van der Waals surface area contributed by atoms with Gasteiger partial charge >= 0.3 is 0 Å². The van der Waals surface area contributed by atoms with Crippen molar-refractivity contribution in [3.8, 4) is 11.4 Å². The highest BCUT2D eigenvalue weighted by Crippen LogP contribution is 2.26. The summed E-state index contributed by atoms with van der Waals surface area (Å²) in [5.74, 6) is 0.581. The summed E-state index contributed by atoms with van der Waals surface area (Å²) in [7, 11) is 1.57. The third-order valence-corrected chi connectivity index (χ3v) is 4.53. The summed E-state index contributed by atoms with van der Waals surface area (Å²) < 4.78 is 6.87. The molecule has 1 heterocycles. The second-order valence-corrected chi connectivity index (χ2v) is 6.46. The topological polar surface area (TPSA) is 99.0 Å². The van der Waals surface area contributed by atoms with Gasteiger partial charge in [-0.2, -0.15) is 4.68 Å². The lowest BCUT2D eigenvalue weighted by atomic mass is 10.1. The van der Waals surface area contributed by atoms with Gasteiger partial charge in [-0.15, -0.1) is 5.10 Å². The van der Waals surface area contributed by atoms with E-state index in [-0.39, 0.29) is 17.4 Å². The number of nitrogens with one attached hydrogen (secondary N) is 1. The van der Waals surface area contributed by atoms with Crippen LogP contribution in [0.5, 0.6) is 5.75 Å². The number of rotatable bonds is 7. The molecule has 0 saturated carbocycles. The SMILES string of the molecule is COc1ccccc1-n1nnnc1SCC(=O)c1ccc(NC(C)=O)cc1. The minimum Gasteiger partial charge on any atom is -0.494 e. The fourth-order valence-electron chi connectivity index (χ4n) is 2.38. The third kappa shape index (κ3) is 4.50. The van der Waals surface area contributed by atoms with Gasteiger partial charge < -0.3 is 10.1 Å². The van der Waals surface area contributed by atoms with Gasteiger partial charge in [0.25, 0.3) is 0 Å². The number of aromatic nitrogens is 4. The zero-order valence-corrected chi connectivity index (χ0v) is 15.6. The summed E-state index contributed by atoms with van der Waals surface area (Å²) in [5.41, 5.74) is 1.89. The molecule has 1 amide bonds. The van der Waals surface area contributed by atoms with Crippen LogP contribution in [0.25, 0.3) is 5.69 Å². The minimum absolute atomic E-state index is 0.0658. The number of para-hydroxylation sites is 2. The van der Waals surface area contributed by atoms with Crippen LogP contribution in [0.3, 0.4) is 0 Å². The van der Waals surface area contributed by atoms with Gasteiger partial charge in [0, 0.05) is 18.2 Å². The number of nitrogens with zero attached hydrogens (tertiary/aromatic N) is 4. The largest absolute Gasteiger partial charge is 0.494 e. The second kappa shape index (κ2) is 8.45. The summed E-state index contributed by atoms with van der Waals surface area (Å²) >= 11 is 1.24. The Hall–Kier alpha value is -3.20. The van der Waals surface area contributed by atoms with Crippen molar-refractivity contribution in [1.29, 1.82) is 0 Å². The molecule has 1 N–H and O–H groups in total. The molecule has 0 saturated heterocycles. The highest BCUT2D eigenvalue weighted by Gasteiger charge is 2.15. The van der Waals surface area contributed by atoms with Crippen LogP contribution in [-0.4, -0.2) is 44.8 Å². The van der Waals surface area contributed by atoms with Gasteiger partial charge in [-0.1, -0.05) is 23.9 Å². The summed E-state index contributed by atoms with van der Waals surface area (Å²) in [6.45, 7) is 1.43. The quantitative estimate of drug-likeness (QED) is 0.494. The average molecular weight is 383 g/mol. The highest BCUT2D eigenvalue weighted by molar-refractivity contribution is 7.99. The Labute approximate surface area is 159 Å². The van der Waals surface area contributed by atoms with Gasteiger partial charge in [0.1, 0.15) is 11.4 Å². The number of ketones is 1. The van der Waals surface area contributed by atoms with E-state index < -0.39 is 0 Å². The molecule has 0 unspecified atom stereocenters. The zero-order valence-electron chi connectivity index (χ0n) is 14.7. The molecule has 9 heteroatoms. The molecule has 0 radical (unpaired) electrons. The molecule has 3 rings (SSSR count). The molecular weight excluding hydrogens is 366 g/mol. The number of hydrogen-bond acceptors (Lipinski definition) is 7. The molecular formula is C18H17N5O3S. The monoisotopic (exact) mass is 383 g/mol. The fraction of sp³-hybridized carbons (Fsp3) is 0.167. The van der Waals surface area contributed by atoms with E-state index in [0.29, 0.717) is 27.8 Å². The maximum Gasteiger partial charge on any atom is 0.221 e. The van der Waals surface area contributed by atoms with E-state index >= 15 is 0 Å². The molecule has 8 nitrogen and oxygen atoms in total. The van der Waals surface area contributed by atoms with Crippen molar-refractivity contribution in [2.75, 3.05) is 18.2 Å². The van der Waals surface area contributed by atoms with Gasteiger partial charge in [0.2, 0.25) is 11.1 Å². The molecule has 0 aliphatic rings. The van der Waals surface area contributed by atoms with Crippen LogP contribution in [-0.2, 0) is 4.79 Å². The van der Waals surface area contributed by atoms with Crippen LogP contribution < -0.4 is 10.1 Å². The van der Waals surface area contributed by atoms with Crippen LogP contribution in [0.4, 0.5) is 5.69 Å². The molecule has 1 aromatic heterocycles. The number of carbonyl (C=O) groups excluding carboxylic acids is 2. The number of tetrazole rings is 1. The van der Waals surface area contributed by atoms with E-state index in [9.17, 15) is 9.59 Å². The Morgan fingerprint density at radius 3 is 2.59 bits per heavy atom. The second-order valence-electron chi connectivity index (χ2n) is 5.52. The first-order chi connectivity index (χ1) is 13.1. The minimum atomic E-state index is -0.159. The number of hydrogen-bond donors (Lipinski definition) is 1. The molecule has 0 bridgehead atoms. The molecule has 0 spiro atoms. The van der Waals surface area contributed by atoms with Crippen molar-refractivity contribution in [2.24, 2.45) is 0 Å². The first-order valence-electron chi connectivity index (χ1n) is 8.04. The number of benzene rings is 2. The Morgan fingerprint density at radius 2 is 1.89 bits per heavy atom. The smallest absolute Gasteiger partial charge is 0.221 e. The number of amides is 1. The van der Waals surface area contributed by atoms with E-state index in [4.69, 9.17) is 4.74 Å². The lowest BCUT2D eigenvalue weighted by molar-refractivity contribution is -0.114. The lowest BCUT2D eigenvalue weighted by Crippen LogP contribution is -2.07. The van der Waals surface area contributed by atoms with Crippen LogP contribution in [0.1, 0.15) is 17.3 Å². The van der Waals surface area contributed by atoms with E-state index in [1.165, 1.54) is 23.4 Å². The van der Waals surface area contributed by atoms with E-state index in [0.717, 1.165) is 0 Å². The molecule has 138 valence electrons. The van der Waals surface area contributed by atoms with Crippen molar-refractivity contribution < 1.29 is 14.3 Å². The molecule has 0 aliphatic heterocycles. The predicted molar refractivity (Wildman–Crippen MR) is 102 cm³/mol. The zero-order chi connectivity index (χ0) is 19.2. The fourth-order valence-corrected chi connectivity index (χ4v) is 3.16. The standard InChI is InChI=1S/C18H17N5O3S/c1-12(24)19-14-9-7-13(8-10-14)16(25)11-27-18-20-21-22-23(18)15-5-3-4-6-17(15)26-2/h3-10H,11H2,1-2H3,(H,19,24). The van der Waals surface area contributed by atoms with Crippen LogP contribution in [0.15, 0.2) is 53.7 Å². The van der Waals surface area contributed by atoms with Crippen molar-refractivity contribution >= 4 is 29.1 Å². The number of ether oxygens (including phenoxy) is 1.